The summed E-state index contributed by atoms with van der Waals surface area (Å²) in [5.41, 5.74) is 1.93. The molecule has 0 fully saturated rings. The molecule has 1 aromatic heterocycles. The monoisotopic (exact) mass is 363 g/mol. The molecule has 3 rings (SSSR count). The Kier molecular flexibility index (Phi) is 5.47. The van der Waals surface area contributed by atoms with Gasteiger partial charge in [0, 0.05) is 11.3 Å². The Hall–Kier alpha value is -3.67. The van der Waals surface area contributed by atoms with E-state index in [0.717, 1.165) is 5.56 Å². The van der Waals surface area contributed by atoms with Crippen molar-refractivity contribution < 1.29 is 23.5 Å². The lowest BCUT2D eigenvalue weighted by molar-refractivity contribution is 0.0474. The minimum atomic E-state index is -0.646. The van der Waals surface area contributed by atoms with E-state index in [1.54, 1.807) is 55.5 Å². The van der Waals surface area contributed by atoms with Gasteiger partial charge in [0.15, 0.2) is 18.2 Å². The van der Waals surface area contributed by atoms with Crippen molar-refractivity contribution in [2.75, 3.05) is 11.9 Å². The molecule has 27 heavy (non-hydrogen) atoms. The largest absolute Gasteiger partial charge is 0.459 e. The zero-order valence-electron chi connectivity index (χ0n) is 14.6. The third-order valence-corrected chi connectivity index (χ3v) is 3.90. The highest BCUT2D eigenvalue weighted by molar-refractivity contribution is 6.04. The van der Waals surface area contributed by atoms with Crippen molar-refractivity contribution in [3.63, 3.8) is 0 Å². The molecule has 0 atom stereocenters. The van der Waals surface area contributed by atoms with Crippen molar-refractivity contribution >= 4 is 23.3 Å². The fourth-order valence-electron chi connectivity index (χ4n) is 2.40. The number of hydrogen-bond donors (Lipinski definition) is 1. The van der Waals surface area contributed by atoms with Gasteiger partial charge in [-0.15, -0.1) is 0 Å². The van der Waals surface area contributed by atoms with Gasteiger partial charge in [-0.1, -0.05) is 36.4 Å². The third kappa shape index (κ3) is 4.49. The molecule has 1 heterocycles. The van der Waals surface area contributed by atoms with Crippen molar-refractivity contribution in [3.05, 3.63) is 89.4 Å². The van der Waals surface area contributed by atoms with Gasteiger partial charge in [-0.25, -0.2) is 4.79 Å². The van der Waals surface area contributed by atoms with E-state index in [-0.39, 0.29) is 23.7 Å². The van der Waals surface area contributed by atoms with Crippen LogP contribution in [0.3, 0.4) is 0 Å². The summed E-state index contributed by atoms with van der Waals surface area (Å²) in [5, 5.41) is 2.69. The molecular weight excluding hydrogens is 346 g/mol. The number of rotatable bonds is 6. The number of carbonyl (C=O) groups is 3. The van der Waals surface area contributed by atoms with E-state index in [9.17, 15) is 14.4 Å². The molecule has 2 aromatic carbocycles. The molecule has 136 valence electrons. The van der Waals surface area contributed by atoms with Crippen LogP contribution in [0.25, 0.3) is 0 Å². The highest BCUT2D eigenvalue weighted by Gasteiger charge is 2.15. The molecule has 0 unspecified atom stereocenters. The lowest BCUT2D eigenvalue weighted by Gasteiger charge is -2.10. The summed E-state index contributed by atoms with van der Waals surface area (Å²) >= 11 is 0. The smallest absolute Gasteiger partial charge is 0.338 e. The molecule has 0 spiro atoms. The van der Waals surface area contributed by atoms with Gasteiger partial charge in [-0.3, -0.25) is 9.59 Å². The Bertz CT molecular complexity index is 962. The van der Waals surface area contributed by atoms with Crippen LogP contribution in [-0.4, -0.2) is 24.3 Å². The molecular formula is C21H17NO5. The van der Waals surface area contributed by atoms with Crippen molar-refractivity contribution in [1.82, 2.24) is 0 Å². The van der Waals surface area contributed by atoms with Crippen molar-refractivity contribution in [3.8, 4) is 0 Å². The molecule has 0 saturated carbocycles. The average molecular weight is 363 g/mol. The van der Waals surface area contributed by atoms with Gasteiger partial charge >= 0.3 is 5.97 Å². The minimum absolute atomic E-state index is 0.163. The van der Waals surface area contributed by atoms with Gasteiger partial charge in [0.2, 0.25) is 0 Å². The van der Waals surface area contributed by atoms with E-state index in [2.05, 4.69) is 5.32 Å². The zero-order valence-corrected chi connectivity index (χ0v) is 14.6. The summed E-state index contributed by atoms with van der Waals surface area (Å²) in [4.78, 5) is 36.4. The Morgan fingerprint density at radius 2 is 1.74 bits per heavy atom. The summed E-state index contributed by atoms with van der Waals surface area (Å²) in [6.07, 6.45) is 1.40. The summed E-state index contributed by atoms with van der Waals surface area (Å²) in [6, 6.07) is 16.5. The number of esters is 1. The number of nitrogens with one attached hydrogen (secondary N) is 1. The lowest BCUT2D eigenvalue weighted by Crippen LogP contribution is -2.15. The molecule has 6 heteroatoms. The highest BCUT2D eigenvalue weighted by Crippen LogP contribution is 2.19. The summed E-state index contributed by atoms with van der Waals surface area (Å²) in [5.74, 6) is -1.20. The van der Waals surface area contributed by atoms with Gasteiger partial charge in [0.1, 0.15) is 0 Å². The molecule has 0 aliphatic rings. The van der Waals surface area contributed by atoms with E-state index in [0.29, 0.717) is 11.3 Å². The Morgan fingerprint density at radius 3 is 2.44 bits per heavy atom. The number of ether oxygens (including phenoxy) is 1. The van der Waals surface area contributed by atoms with Crippen LogP contribution in [0.4, 0.5) is 5.69 Å². The standard InChI is InChI=1S/C21H17NO5/c1-14-9-10-16(12-17(14)22-20(24)19-8-5-11-26-19)21(25)27-13-18(23)15-6-3-2-4-7-15/h2-12H,13H2,1H3,(H,22,24). The Balaban J connectivity index is 1.66. The number of benzene rings is 2. The molecule has 0 radical (unpaired) electrons. The number of furan rings is 1. The van der Waals surface area contributed by atoms with Crippen molar-refractivity contribution in [2.24, 2.45) is 0 Å². The lowest BCUT2D eigenvalue weighted by atomic mass is 10.1. The van der Waals surface area contributed by atoms with Crippen LogP contribution in [0.15, 0.2) is 71.3 Å². The van der Waals surface area contributed by atoms with Crippen LogP contribution in [0.5, 0.6) is 0 Å². The normalized spacial score (nSPS) is 10.3. The fraction of sp³-hybridized carbons (Fsp3) is 0.0952. The first-order chi connectivity index (χ1) is 13.0. The summed E-state index contributed by atoms with van der Waals surface area (Å²) in [6.45, 7) is 1.44. The number of aryl methyl sites for hydroxylation is 1. The van der Waals surface area contributed by atoms with Crippen molar-refractivity contribution in [2.45, 2.75) is 6.92 Å². The molecule has 3 aromatic rings. The quantitative estimate of drug-likeness (QED) is 0.531. The summed E-state index contributed by atoms with van der Waals surface area (Å²) in [7, 11) is 0. The van der Waals surface area contributed by atoms with E-state index in [1.165, 1.54) is 18.4 Å². The van der Waals surface area contributed by atoms with Crippen LogP contribution in [0.2, 0.25) is 0 Å². The van der Waals surface area contributed by atoms with E-state index in [4.69, 9.17) is 9.15 Å². The second-order valence-electron chi connectivity index (χ2n) is 5.83. The molecule has 1 amide bonds. The average Bonchev–Trinajstić information content (AvgIpc) is 3.23. The van der Waals surface area contributed by atoms with Gasteiger partial charge in [-0.05, 0) is 36.8 Å². The maximum atomic E-state index is 12.3. The van der Waals surface area contributed by atoms with Gasteiger partial charge in [0.25, 0.3) is 5.91 Å². The third-order valence-electron chi connectivity index (χ3n) is 3.90. The number of Topliss-reactive ketones (excluding diaryl/α,β-unsaturated/α-hetero) is 1. The molecule has 0 aliphatic heterocycles. The van der Waals surface area contributed by atoms with E-state index >= 15 is 0 Å². The van der Waals surface area contributed by atoms with Crippen LogP contribution in [0.1, 0.15) is 36.8 Å². The molecule has 0 aliphatic carbocycles. The number of anilines is 1. The number of ketones is 1. The highest BCUT2D eigenvalue weighted by atomic mass is 16.5. The van der Waals surface area contributed by atoms with Gasteiger partial charge in [-0.2, -0.15) is 0 Å². The first kappa shape index (κ1) is 18.1. The SMILES string of the molecule is Cc1ccc(C(=O)OCC(=O)c2ccccc2)cc1NC(=O)c1ccco1. The van der Waals surface area contributed by atoms with Crippen LogP contribution < -0.4 is 5.32 Å². The van der Waals surface area contributed by atoms with Gasteiger partial charge < -0.3 is 14.5 Å². The van der Waals surface area contributed by atoms with Crippen LogP contribution in [0, 0.1) is 6.92 Å². The van der Waals surface area contributed by atoms with Crippen LogP contribution in [-0.2, 0) is 4.74 Å². The zero-order chi connectivity index (χ0) is 19.2. The topological polar surface area (TPSA) is 85.6 Å². The second-order valence-corrected chi connectivity index (χ2v) is 5.83. The van der Waals surface area contributed by atoms with Gasteiger partial charge in [0.05, 0.1) is 11.8 Å². The molecule has 0 saturated heterocycles. The first-order valence-electron chi connectivity index (χ1n) is 8.25. The van der Waals surface area contributed by atoms with E-state index < -0.39 is 11.9 Å². The van der Waals surface area contributed by atoms with Crippen molar-refractivity contribution in [1.29, 1.82) is 0 Å². The predicted octanol–water partition coefficient (Wildman–Crippen LogP) is 3.88. The summed E-state index contributed by atoms with van der Waals surface area (Å²) < 4.78 is 10.1. The fourth-order valence-corrected chi connectivity index (χ4v) is 2.40. The number of carbonyl (C=O) groups excluding carboxylic acids is 3. The first-order valence-corrected chi connectivity index (χ1v) is 8.25. The van der Waals surface area contributed by atoms with Crippen LogP contribution >= 0.6 is 0 Å². The minimum Gasteiger partial charge on any atom is -0.459 e. The molecule has 0 bridgehead atoms. The number of hydrogen-bond acceptors (Lipinski definition) is 5. The maximum absolute atomic E-state index is 12.3. The Labute approximate surface area is 155 Å². The number of amides is 1. The Morgan fingerprint density at radius 1 is 0.963 bits per heavy atom. The maximum Gasteiger partial charge on any atom is 0.338 e. The van der Waals surface area contributed by atoms with E-state index in [1.807, 2.05) is 0 Å². The second kappa shape index (κ2) is 8.14. The predicted molar refractivity (Wildman–Crippen MR) is 98.9 cm³/mol. The molecule has 6 nitrogen and oxygen atoms in total. The molecule has 1 N–H and O–H groups in total.